The highest BCUT2D eigenvalue weighted by Gasteiger charge is 2.32. The second-order valence-electron chi connectivity index (χ2n) is 9.43. The number of nitrogens with one attached hydrogen (secondary N) is 2. The standard InChI is InChI=1S/C30H25ClN6O4.ClH/c31-24-15-21(30(40)37-14-2-1-3-27(37)29(39)36-41)11-10-19(24)7-4-18-5-8-20(9-6-18)26-16-22(28(38)35-32)23-17-33-13-12-25(23)34-26;/h5-6,8-13,15-17,27,41H,1-3,14,32H2,(H,35,38)(H,36,39);1H. The number of hydroxylamine groups is 1. The van der Waals surface area contributed by atoms with Gasteiger partial charge in [0.1, 0.15) is 6.04 Å². The molecule has 5 N–H and O–H groups in total. The summed E-state index contributed by atoms with van der Waals surface area (Å²) >= 11 is 6.46. The van der Waals surface area contributed by atoms with Gasteiger partial charge in [-0.3, -0.25) is 30.0 Å². The Kier molecular flexibility index (Phi) is 9.72. The van der Waals surface area contributed by atoms with Crippen molar-refractivity contribution >= 4 is 52.6 Å². The maximum absolute atomic E-state index is 13.1. The zero-order valence-electron chi connectivity index (χ0n) is 22.1. The van der Waals surface area contributed by atoms with E-state index >= 15 is 0 Å². The van der Waals surface area contributed by atoms with Gasteiger partial charge in [-0.05, 0) is 61.7 Å². The number of hydrazine groups is 1. The van der Waals surface area contributed by atoms with Crippen LogP contribution in [0.25, 0.3) is 22.2 Å². The van der Waals surface area contributed by atoms with E-state index in [1.807, 2.05) is 24.3 Å². The lowest BCUT2D eigenvalue weighted by molar-refractivity contribution is -0.135. The number of aromatic nitrogens is 2. The Morgan fingerprint density at radius 3 is 2.55 bits per heavy atom. The van der Waals surface area contributed by atoms with E-state index in [1.165, 1.54) is 11.0 Å². The average Bonchev–Trinajstić information content (AvgIpc) is 3.02. The van der Waals surface area contributed by atoms with E-state index in [9.17, 15) is 14.4 Å². The minimum Gasteiger partial charge on any atom is -0.327 e. The molecular formula is C30H26Cl2N6O4. The quantitative estimate of drug-likeness (QED) is 0.0907. The molecule has 2 aromatic carbocycles. The number of hydrogen-bond acceptors (Lipinski definition) is 7. The molecule has 1 unspecified atom stereocenters. The van der Waals surface area contributed by atoms with Gasteiger partial charge < -0.3 is 4.90 Å². The molecule has 1 aliphatic rings. The summed E-state index contributed by atoms with van der Waals surface area (Å²) in [5.41, 5.74) is 7.78. The van der Waals surface area contributed by atoms with Crippen molar-refractivity contribution in [1.29, 1.82) is 0 Å². The Hall–Kier alpha value is -4.53. The normalized spacial score (nSPS) is 14.3. The van der Waals surface area contributed by atoms with Gasteiger partial charge in [-0.15, -0.1) is 12.4 Å². The molecule has 5 rings (SSSR count). The highest BCUT2D eigenvalue weighted by Crippen LogP contribution is 2.26. The Labute approximate surface area is 252 Å². The predicted octanol–water partition coefficient (Wildman–Crippen LogP) is 3.88. The number of benzene rings is 2. The molecule has 10 nitrogen and oxygen atoms in total. The lowest BCUT2D eigenvalue weighted by atomic mass is 10.00. The number of carbonyl (C=O) groups excluding carboxylic acids is 3. The van der Waals surface area contributed by atoms with E-state index in [1.54, 1.807) is 42.1 Å². The van der Waals surface area contributed by atoms with Crippen molar-refractivity contribution in [1.82, 2.24) is 25.8 Å². The molecule has 4 aromatic rings. The Morgan fingerprint density at radius 1 is 1.05 bits per heavy atom. The molecule has 0 spiro atoms. The molecule has 3 amide bonds. The minimum atomic E-state index is -0.728. The maximum atomic E-state index is 13.1. The van der Waals surface area contributed by atoms with Gasteiger partial charge in [0.05, 0.1) is 21.8 Å². The number of amides is 3. The first-order chi connectivity index (χ1) is 19.9. The summed E-state index contributed by atoms with van der Waals surface area (Å²) in [7, 11) is 0. The molecule has 2 aromatic heterocycles. The highest BCUT2D eigenvalue weighted by atomic mass is 35.5. The Morgan fingerprint density at radius 2 is 1.83 bits per heavy atom. The fourth-order valence-corrected chi connectivity index (χ4v) is 5.01. The van der Waals surface area contributed by atoms with Crippen molar-refractivity contribution in [2.24, 2.45) is 5.84 Å². The fourth-order valence-electron chi connectivity index (χ4n) is 4.78. The fraction of sp³-hybridized carbons (Fsp3) is 0.167. The van der Waals surface area contributed by atoms with Crippen LogP contribution < -0.4 is 16.7 Å². The average molecular weight is 605 g/mol. The first kappa shape index (κ1) is 30.4. The molecular weight excluding hydrogens is 579 g/mol. The highest BCUT2D eigenvalue weighted by molar-refractivity contribution is 6.32. The third-order valence-electron chi connectivity index (χ3n) is 6.90. The van der Waals surface area contributed by atoms with E-state index in [-0.39, 0.29) is 18.3 Å². The lowest BCUT2D eigenvalue weighted by Gasteiger charge is -2.34. The van der Waals surface area contributed by atoms with Crippen molar-refractivity contribution in [2.45, 2.75) is 25.3 Å². The smallest absolute Gasteiger partial charge is 0.266 e. The summed E-state index contributed by atoms with van der Waals surface area (Å²) in [6.45, 7) is 0.416. The molecule has 214 valence electrons. The molecule has 0 aliphatic carbocycles. The van der Waals surface area contributed by atoms with Crippen LogP contribution in [0.3, 0.4) is 0 Å². The van der Waals surface area contributed by atoms with Crippen molar-refractivity contribution < 1.29 is 19.6 Å². The monoisotopic (exact) mass is 604 g/mol. The van der Waals surface area contributed by atoms with Gasteiger partial charge in [-0.25, -0.2) is 16.3 Å². The molecule has 1 atom stereocenters. The number of rotatable bonds is 4. The van der Waals surface area contributed by atoms with Gasteiger partial charge in [0, 0.05) is 46.6 Å². The molecule has 0 radical (unpaired) electrons. The number of nitrogens with zero attached hydrogens (tertiary/aromatic N) is 3. The van der Waals surface area contributed by atoms with Crippen LogP contribution in [0.15, 0.2) is 67.0 Å². The van der Waals surface area contributed by atoms with Crippen LogP contribution in [-0.4, -0.2) is 50.4 Å². The number of halogens is 2. The Balaban J connectivity index is 0.00000405. The van der Waals surface area contributed by atoms with Gasteiger partial charge in [-0.2, -0.15) is 0 Å². The predicted molar refractivity (Wildman–Crippen MR) is 160 cm³/mol. The molecule has 1 fully saturated rings. The van der Waals surface area contributed by atoms with Crippen molar-refractivity contribution in [2.75, 3.05) is 6.54 Å². The SMILES string of the molecule is Cl.NNC(=O)c1cc(-c2ccc(C#Cc3ccc(C(=O)N4CCCCC4C(=O)NO)cc3Cl)cc2)nc2ccncc12. The molecule has 0 saturated carbocycles. The summed E-state index contributed by atoms with van der Waals surface area (Å²) < 4.78 is 0. The first-order valence-electron chi connectivity index (χ1n) is 12.8. The van der Waals surface area contributed by atoms with Gasteiger partial charge >= 0.3 is 0 Å². The number of nitrogens with two attached hydrogens (primary N) is 1. The van der Waals surface area contributed by atoms with E-state index in [2.05, 4.69) is 27.2 Å². The third-order valence-corrected chi connectivity index (χ3v) is 7.21. The number of likely N-dealkylation sites (tertiary alicyclic amines) is 1. The molecule has 3 heterocycles. The van der Waals surface area contributed by atoms with Crippen molar-refractivity contribution in [3.05, 3.63) is 94.3 Å². The zero-order valence-corrected chi connectivity index (χ0v) is 23.7. The van der Waals surface area contributed by atoms with Gasteiger partial charge in [0.15, 0.2) is 0 Å². The van der Waals surface area contributed by atoms with E-state index in [4.69, 9.17) is 22.7 Å². The number of pyridine rings is 2. The maximum Gasteiger partial charge on any atom is 0.266 e. The number of carbonyl (C=O) groups is 3. The molecule has 1 saturated heterocycles. The third kappa shape index (κ3) is 6.35. The number of piperidine rings is 1. The zero-order chi connectivity index (χ0) is 28.9. The van der Waals surface area contributed by atoms with Crippen LogP contribution in [-0.2, 0) is 4.79 Å². The van der Waals surface area contributed by atoms with Crippen LogP contribution in [0.1, 0.15) is 51.1 Å². The number of fused-ring (bicyclic) bond motifs is 1. The first-order valence-corrected chi connectivity index (χ1v) is 13.2. The van der Waals surface area contributed by atoms with Gasteiger partial charge in [-0.1, -0.05) is 35.6 Å². The van der Waals surface area contributed by atoms with Gasteiger partial charge in [0.2, 0.25) is 0 Å². The topological polar surface area (TPSA) is 151 Å². The minimum absolute atomic E-state index is 0. The summed E-state index contributed by atoms with van der Waals surface area (Å²) in [5, 5.41) is 9.95. The largest absolute Gasteiger partial charge is 0.327 e. The van der Waals surface area contributed by atoms with Crippen LogP contribution in [0, 0.1) is 11.8 Å². The van der Waals surface area contributed by atoms with E-state index in [0.717, 1.165) is 24.0 Å². The van der Waals surface area contributed by atoms with Crippen molar-refractivity contribution in [3.63, 3.8) is 0 Å². The van der Waals surface area contributed by atoms with Crippen molar-refractivity contribution in [3.8, 4) is 23.1 Å². The second-order valence-corrected chi connectivity index (χ2v) is 9.84. The summed E-state index contributed by atoms with van der Waals surface area (Å²) in [6, 6.07) is 14.9. The summed E-state index contributed by atoms with van der Waals surface area (Å²) in [5.74, 6) is 10.1. The van der Waals surface area contributed by atoms with Gasteiger partial charge in [0.25, 0.3) is 17.7 Å². The van der Waals surface area contributed by atoms with Crippen LogP contribution in [0.5, 0.6) is 0 Å². The van der Waals surface area contributed by atoms with Crippen LogP contribution in [0.4, 0.5) is 0 Å². The molecule has 42 heavy (non-hydrogen) atoms. The second kappa shape index (κ2) is 13.4. The number of nitrogen functional groups attached to an aromatic ring is 1. The van der Waals surface area contributed by atoms with Crippen LogP contribution >= 0.6 is 24.0 Å². The number of hydrogen-bond donors (Lipinski definition) is 4. The van der Waals surface area contributed by atoms with E-state index in [0.29, 0.717) is 51.3 Å². The molecule has 0 bridgehead atoms. The van der Waals surface area contributed by atoms with Crippen LogP contribution in [0.2, 0.25) is 5.02 Å². The Bertz CT molecular complexity index is 1720. The lowest BCUT2D eigenvalue weighted by Crippen LogP contribution is -2.51. The molecule has 1 aliphatic heterocycles. The van der Waals surface area contributed by atoms with E-state index < -0.39 is 17.9 Å². The molecule has 12 heteroatoms. The summed E-state index contributed by atoms with van der Waals surface area (Å²) in [4.78, 5) is 47.7. The summed E-state index contributed by atoms with van der Waals surface area (Å²) in [6.07, 6.45) is 5.22.